The van der Waals surface area contributed by atoms with E-state index in [-0.39, 0.29) is 0 Å². The van der Waals surface area contributed by atoms with Crippen molar-refractivity contribution in [2.24, 2.45) is 0 Å². The number of rotatable bonds is 5. The summed E-state index contributed by atoms with van der Waals surface area (Å²) in [4.78, 5) is 4.00. The van der Waals surface area contributed by atoms with Crippen LogP contribution in [0.15, 0.2) is 18.5 Å². The molecule has 1 aromatic rings. The highest BCUT2D eigenvalue weighted by Gasteiger charge is 2.21. The van der Waals surface area contributed by atoms with Gasteiger partial charge in [-0.3, -0.25) is 4.98 Å². The monoisotopic (exact) mass is 209 g/mol. The van der Waals surface area contributed by atoms with Crippen molar-refractivity contribution in [2.75, 3.05) is 19.3 Å². The number of nitrogens with two attached hydrogens (primary N) is 1. The SMILES string of the molecule is CNCCC(C)(O)Cc1cnccc1N. The number of nitrogen functional groups attached to an aromatic ring is 1. The molecule has 0 fully saturated rings. The van der Waals surface area contributed by atoms with E-state index >= 15 is 0 Å². The van der Waals surface area contributed by atoms with Crippen LogP contribution in [0, 0.1) is 0 Å². The lowest BCUT2D eigenvalue weighted by Gasteiger charge is -2.23. The summed E-state index contributed by atoms with van der Waals surface area (Å²) >= 11 is 0. The van der Waals surface area contributed by atoms with Crippen LogP contribution >= 0.6 is 0 Å². The lowest BCUT2D eigenvalue weighted by molar-refractivity contribution is 0.0521. The maximum Gasteiger partial charge on any atom is 0.0673 e. The number of aliphatic hydroxyl groups is 1. The summed E-state index contributed by atoms with van der Waals surface area (Å²) in [5, 5.41) is 13.1. The minimum absolute atomic E-state index is 0.536. The highest BCUT2D eigenvalue weighted by atomic mass is 16.3. The first kappa shape index (κ1) is 11.9. The Morgan fingerprint density at radius 1 is 1.60 bits per heavy atom. The van der Waals surface area contributed by atoms with Gasteiger partial charge in [-0.2, -0.15) is 0 Å². The first-order valence-electron chi connectivity index (χ1n) is 5.10. The van der Waals surface area contributed by atoms with Gasteiger partial charge in [-0.25, -0.2) is 0 Å². The zero-order valence-corrected chi connectivity index (χ0v) is 9.33. The topological polar surface area (TPSA) is 71.2 Å². The Hall–Kier alpha value is -1.13. The molecule has 4 heteroatoms. The lowest BCUT2D eigenvalue weighted by atomic mass is 9.93. The van der Waals surface area contributed by atoms with E-state index in [9.17, 15) is 5.11 Å². The number of hydrogen-bond donors (Lipinski definition) is 3. The predicted octanol–water partition coefficient (Wildman–Crippen LogP) is 0.567. The largest absolute Gasteiger partial charge is 0.398 e. The number of nitrogens with one attached hydrogen (secondary N) is 1. The molecule has 1 atom stereocenters. The second-order valence-corrected chi connectivity index (χ2v) is 4.10. The van der Waals surface area contributed by atoms with Gasteiger partial charge in [0.15, 0.2) is 0 Å². The molecule has 0 amide bonds. The Morgan fingerprint density at radius 2 is 2.33 bits per heavy atom. The minimum Gasteiger partial charge on any atom is -0.398 e. The summed E-state index contributed by atoms with van der Waals surface area (Å²) in [5.41, 5.74) is 6.64. The van der Waals surface area contributed by atoms with E-state index in [2.05, 4.69) is 10.3 Å². The lowest BCUT2D eigenvalue weighted by Crippen LogP contribution is -2.31. The molecular formula is C11H19N3O. The van der Waals surface area contributed by atoms with Gasteiger partial charge in [0.25, 0.3) is 0 Å². The molecule has 4 N–H and O–H groups in total. The van der Waals surface area contributed by atoms with E-state index in [0.29, 0.717) is 18.5 Å². The Labute approximate surface area is 90.5 Å². The molecule has 84 valence electrons. The summed E-state index contributed by atoms with van der Waals surface area (Å²) < 4.78 is 0. The van der Waals surface area contributed by atoms with Crippen LogP contribution < -0.4 is 11.1 Å². The molecule has 1 unspecified atom stereocenters. The van der Waals surface area contributed by atoms with Crippen molar-refractivity contribution in [3.8, 4) is 0 Å². The van der Waals surface area contributed by atoms with E-state index < -0.39 is 5.60 Å². The highest BCUT2D eigenvalue weighted by Crippen LogP contribution is 2.19. The molecule has 0 spiro atoms. The number of anilines is 1. The number of pyridine rings is 1. The molecule has 1 heterocycles. The molecule has 0 saturated carbocycles. The molecule has 0 aromatic carbocycles. The quantitative estimate of drug-likeness (QED) is 0.663. The number of nitrogens with zero attached hydrogens (tertiary/aromatic N) is 1. The van der Waals surface area contributed by atoms with Gasteiger partial charge in [0.1, 0.15) is 0 Å². The average Bonchev–Trinajstić information content (AvgIpc) is 2.18. The predicted molar refractivity (Wildman–Crippen MR) is 61.5 cm³/mol. The summed E-state index contributed by atoms with van der Waals surface area (Å²) in [6.07, 6.45) is 4.59. The van der Waals surface area contributed by atoms with Gasteiger partial charge in [0.05, 0.1) is 5.60 Å². The van der Waals surface area contributed by atoms with Crippen molar-refractivity contribution in [3.63, 3.8) is 0 Å². The van der Waals surface area contributed by atoms with E-state index in [1.807, 2.05) is 14.0 Å². The average molecular weight is 209 g/mol. The van der Waals surface area contributed by atoms with E-state index in [1.165, 1.54) is 0 Å². The standard InChI is InChI=1S/C11H19N3O/c1-11(15,4-6-13-2)7-9-8-14-5-3-10(9)12/h3,5,8,13,15H,4,6-7H2,1-2H3,(H2,12,14). The molecule has 0 aliphatic heterocycles. The first-order valence-corrected chi connectivity index (χ1v) is 5.10. The van der Waals surface area contributed by atoms with Crippen LogP contribution in [0.1, 0.15) is 18.9 Å². The van der Waals surface area contributed by atoms with Crippen molar-refractivity contribution in [3.05, 3.63) is 24.0 Å². The Bertz CT molecular complexity index is 312. The maximum atomic E-state index is 10.1. The minimum atomic E-state index is -0.736. The fourth-order valence-electron chi connectivity index (χ4n) is 1.48. The van der Waals surface area contributed by atoms with Crippen LogP contribution in [-0.4, -0.2) is 29.3 Å². The smallest absolute Gasteiger partial charge is 0.0673 e. The molecular weight excluding hydrogens is 190 g/mol. The van der Waals surface area contributed by atoms with E-state index in [1.54, 1.807) is 18.5 Å². The zero-order chi connectivity index (χ0) is 11.3. The van der Waals surface area contributed by atoms with Crippen molar-refractivity contribution in [1.29, 1.82) is 0 Å². The fraction of sp³-hybridized carbons (Fsp3) is 0.545. The second-order valence-electron chi connectivity index (χ2n) is 4.10. The van der Waals surface area contributed by atoms with Gasteiger partial charge < -0.3 is 16.2 Å². The highest BCUT2D eigenvalue weighted by molar-refractivity contribution is 5.44. The Morgan fingerprint density at radius 3 is 2.93 bits per heavy atom. The van der Waals surface area contributed by atoms with Gasteiger partial charge in [-0.15, -0.1) is 0 Å². The van der Waals surface area contributed by atoms with Crippen LogP contribution in [0.5, 0.6) is 0 Å². The van der Waals surface area contributed by atoms with Crippen LogP contribution in [0.3, 0.4) is 0 Å². The summed E-state index contributed by atoms with van der Waals surface area (Å²) in [6.45, 7) is 2.60. The normalized spacial score (nSPS) is 14.9. The first-order chi connectivity index (χ1) is 7.05. The van der Waals surface area contributed by atoms with Crippen molar-refractivity contribution in [1.82, 2.24) is 10.3 Å². The van der Waals surface area contributed by atoms with Gasteiger partial charge in [0.2, 0.25) is 0 Å². The number of aromatic nitrogens is 1. The maximum absolute atomic E-state index is 10.1. The van der Waals surface area contributed by atoms with Crippen molar-refractivity contribution in [2.45, 2.75) is 25.4 Å². The summed E-state index contributed by atoms with van der Waals surface area (Å²) in [5.74, 6) is 0. The molecule has 1 aromatic heterocycles. The molecule has 0 saturated heterocycles. The third-order valence-electron chi connectivity index (χ3n) is 2.43. The van der Waals surface area contributed by atoms with Crippen LogP contribution in [0.2, 0.25) is 0 Å². The van der Waals surface area contributed by atoms with Crippen molar-refractivity contribution < 1.29 is 5.11 Å². The third kappa shape index (κ3) is 3.85. The van der Waals surface area contributed by atoms with E-state index in [4.69, 9.17) is 5.73 Å². The van der Waals surface area contributed by atoms with Crippen molar-refractivity contribution >= 4 is 5.69 Å². The molecule has 0 aliphatic rings. The second kappa shape index (κ2) is 5.09. The van der Waals surface area contributed by atoms with E-state index in [0.717, 1.165) is 12.1 Å². The molecule has 0 aliphatic carbocycles. The molecule has 15 heavy (non-hydrogen) atoms. The summed E-state index contributed by atoms with van der Waals surface area (Å²) in [6, 6.07) is 1.75. The zero-order valence-electron chi connectivity index (χ0n) is 9.33. The molecule has 4 nitrogen and oxygen atoms in total. The van der Waals surface area contributed by atoms with Crippen LogP contribution in [0.25, 0.3) is 0 Å². The Kier molecular flexibility index (Phi) is 4.05. The van der Waals surface area contributed by atoms with Crippen LogP contribution in [0.4, 0.5) is 5.69 Å². The molecule has 0 bridgehead atoms. The van der Waals surface area contributed by atoms with Gasteiger partial charge in [-0.05, 0) is 38.6 Å². The van der Waals surface area contributed by atoms with Gasteiger partial charge in [0, 0.05) is 24.5 Å². The Balaban J connectivity index is 2.64. The fourth-order valence-corrected chi connectivity index (χ4v) is 1.48. The molecule has 1 rings (SSSR count). The molecule has 0 radical (unpaired) electrons. The van der Waals surface area contributed by atoms with Gasteiger partial charge >= 0.3 is 0 Å². The number of hydrogen-bond acceptors (Lipinski definition) is 4. The third-order valence-corrected chi connectivity index (χ3v) is 2.43. The van der Waals surface area contributed by atoms with Gasteiger partial charge in [-0.1, -0.05) is 0 Å². The summed E-state index contributed by atoms with van der Waals surface area (Å²) in [7, 11) is 1.87. The van der Waals surface area contributed by atoms with Crippen LogP contribution in [-0.2, 0) is 6.42 Å².